The van der Waals surface area contributed by atoms with Gasteiger partial charge in [-0.05, 0) is 31.0 Å². The van der Waals surface area contributed by atoms with Crippen molar-refractivity contribution in [2.75, 3.05) is 13.2 Å². The smallest absolute Gasteiger partial charge is 0.271 e. The number of carbonyl (C=O) groups is 1. The highest BCUT2D eigenvalue weighted by atomic mass is 35.5. The van der Waals surface area contributed by atoms with Crippen molar-refractivity contribution >= 4 is 17.5 Å². The summed E-state index contributed by atoms with van der Waals surface area (Å²) >= 11 is 5.61. The number of hydrogen-bond donors (Lipinski definition) is 0. The van der Waals surface area contributed by atoms with Gasteiger partial charge in [-0.2, -0.15) is 0 Å². The summed E-state index contributed by atoms with van der Waals surface area (Å²) in [5, 5.41) is 1.25. The second-order valence-electron chi connectivity index (χ2n) is 3.58. The lowest BCUT2D eigenvalue weighted by atomic mass is 10.2. The van der Waals surface area contributed by atoms with Gasteiger partial charge >= 0.3 is 0 Å². The first-order valence-electron chi connectivity index (χ1n) is 5.08. The van der Waals surface area contributed by atoms with Crippen molar-refractivity contribution in [2.45, 2.75) is 12.8 Å². The van der Waals surface area contributed by atoms with Crippen molar-refractivity contribution in [3.63, 3.8) is 0 Å². The van der Waals surface area contributed by atoms with Crippen LogP contribution >= 0.6 is 11.6 Å². The predicted octanol–water partition coefficient (Wildman–Crippen LogP) is 2.65. The topological polar surface area (TPSA) is 29.5 Å². The summed E-state index contributed by atoms with van der Waals surface area (Å²) in [6.45, 7) is 1.11. The van der Waals surface area contributed by atoms with Crippen molar-refractivity contribution < 1.29 is 14.0 Å². The van der Waals surface area contributed by atoms with Gasteiger partial charge in [-0.1, -0.05) is 11.6 Å². The van der Waals surface area contributed by atoms with Crippen LogP contribution in [0.1, 0.15) is 23.2 Å². The van der Waals surface area contributed by atoms with Crippen LogP contribution in [0.4, 0.5) is 4.39 Å². The van der Waals surface area contributed by atoms with Gasteiger partial charge in [-0.3, -0.25) is 9.63 Å². The molecule has 1 aliphatic heterocycles. The molecule has 1 aromatic rings. The number of carbonyl (C=O) groups excluding carboxylic acids is 1. The fourth-order valence-electron chi connectivity index (χ4n) is 1.53. The average Bonchev–Trinajstić information content (AvgIpc) is 2.33. The molecule has 0 saturated carbocycles. The summed E-state index contributed by atoms with van der Waals surface area (Å²) in [6.07, 6.45) is 1.87. The zero-order valence-corrected chi connectivity index (χ0v) is 9.34. The molecule has 2 rings (SSSR count). The van der Waals surface area contributed by atoms with Gasteiger partial charge in [-0.25, -0.2) is 9.45 Å². The van der Waals surface area contributed by atoms with Crippen molar-refractivity contribution in [1.82, 2.24) is 5.06 Å². The molecule has 3 nitrogen and oxygen atoms in total. The van der Waals surface area contributed by atoms with Gasteiger partial charge in [0.1, 0.15) is 5.82 Å². The van der Waals surface area contributed by atoms with E-state index in [0.29, 0.717) is 18.7 Å². The van der Waals surface area contributed by atoms with E-state index in [9.17, 15) is 9.18 Å². The largest absolute Gasteiger partial charge is 0.277 e. The summed E-state index contributed by atoms with van der Waals surface area (Å²) in [4.78, 5) is 17.1. The highest BCUT2D eigenvalue weighted by Crippen LogP contribution is 2.18. The summed E-state index contributed by atoms with van der Waals surface area (Å²) in [5.74, 6) is -0.806. The molecule has 0 atom stereocenters. The quantitative estimate of drug-likeness (QED) is 0.759. The van der Waals surface area contributed by atoms with Crippen LogP contribution in [-0.4, -0.2) is 24.1 Å². The van der Waals surface area contributed by atoms with Gasteiger partial charge in [0.15, 0.2) is 0 Å². The van der Waals surface area contributed by atoms with Crippen molar-refractivity contribution in [2.24, 2.45) is 0 Å². The maximum absolute atomic E-state index is 12.9. The molecule has 1 aromatic carbocycles. The maximum atomic E-state index is 12.9. The van der Waals surface area contributed by atoms with Crippen LogP contribution in [0.2, 0.25) is 5.02 Å². The van der Waals surface area contributed by atoms with Crippen LogP contribution in [-0.2, 0) is 4.84 Å². The lowest BCUT2D eigenvalue weighted by Crippen LogP contribution is -2.35. The third-order valence-corrected chi connectivity index (χ3v) is 2.69. The SMILES string of the molecule is O=C(c1ccc(F)c(Cl)c1)N1CCCCO1. The summed E-state index contributed by atoms with van der Waals surface area (Å²) < 4.78 is 12.9. The van der Waals surface area contributed by atoms with Crippen LogP contribution in [0.25, 0.3) is 0 Å². The molecule has 1 aliphatic rings. The number of nitrogens with zero attached hydrogens (tertiary/aromatic N) is 1. The van der Waals surface area contributed by atoms with Crippen molar-refractivity contribution in [3.8, 4) is 0 Å². The van der Waals surface area contributed by atoms with Gasteiger partial charge in [0.05, 0.1) is 11.6 Å². The summed E-state index contributed by atoms with van der Waals surface area (Å²) in [7, 11) is 0. The molecular weight excluding hydrogens is 233 g/mol. The number of rotatable bonds is 1. The van der Waals surface area contributed by atoms with Crippen LogP contribution in [0.3, 0.4) is 0 Å². The number of hydroxylamine groups is 2. The van der Waals surface area contributed by atoms with E-state index in [4.69, 9.17) is 16.4 Å². The summed E-state index contributed by atoms with van der Waals surface area (Å²) in [5.41, 5.74) is 0.341. The van der Waals surface area contributed by atoms with Gasteiger partial charge in [0.25, 0.3) is 5.91 Å². The molecule has 0 spiro atoms. The lowest BCUT2D eigenvalue weighted by Gasteiger charge is -2.25. The van der Waals surface area contributed by atoms with Crippen LogP contribution < -0.4 is 0 Å². The van der Waals surface area contributed by atoms with Gasteiger partial charge in [0.2, 0.25) is 0 Å². The van der Waals surface area contributed by atoms with E-state index in [2.05, 4.69) is 0 Å². The molecule has 1 fully saturated rings. The van der Waals surface area contributed by atoms with E-state index in [1.165, 1.54) is 23.3 Å². The molecule has 5 heteroatoms. The van der Waals surface area contributed by atoms with E-state index in [1.807, 2.05) is 0 Å². The Hall–Kier alpha value is -1.13. The highest BCUT2D eigenvalue weighted by molar-refractivity contribution is 6.31. The minimum atomic E-state index is -0.530. The Bertz CT molecular complexity index is 405. The van der Waals surface area contributed by atoms with Crippen molar-refractivity contribution in [3.05, 3.63) is 34.6 Å². The van der Waals surface area contributed by atoms with E-state index < -0.39 is 5.82 Å². The molecule has 1 saturated heterocycles. The highest BCUT2D eigenvalue weighted by Gasteiger charge is 2.20. The molecule has 0 aliphatic carbocycles. The monoisotopic (exact) mass is 243 g/mol. The molecule has 86 valence electrons. The zero-order valence-electron chi connectivity index (χ0n) is 8.58. The van der Waals surface area contributed by atoms with E-state index in [0.717, 1.165) is 12.8 Å². The molecule has 16 heavy (non-hydrogen) atoms. The molecule has 0 bridgehead atoms. The fraction of sp³-hybridized carbons (Fsp3) is 0.364. The first-order chi connectivity index (χ1) is 7.68. The standard InChI is InChI=1S/C11H11ClFNO2/c12-9-7-8(3-4-10(9)13)11(15)14-5-1-2-6-16-14/h3-4,7H,1-2,5-6H2. The predicted molar refractivity (Wildman–Crippen MR) is 57.6 cm³/mol. The Balaban J connectivity index is 2.16. The number of halogens is 2. The van der Waals surface area contributed by atoms with Gasteiger partial charge in [-0.15, -0.1) is 0 Å². The Kier molecular flexibility index (Phi) is 3.41. The van der Waals surface area contributed by atoms with Crippen LogP contribution in [0.15, 0.2) is 18.2 Å². The van der Waals surface area contributed by atoms with Crippen LogP contribution in [0.5, 0.6) is 0 Å². The number of benzene rings is 1. The van der Waals surface area contributed by atoms with E-state index in [1.54, 1.807) is 0 Å². The Morgan fingerprint density at radius 2 is 2.25 bits per heavy atom. The van der Waals surface area contributed by atoms with E-state index >= 15 is 0 Å². The second-order valence-corrected chi connectivity index (χ2v) is 3.98. The molecule has 0 N–H and O–H groups in total. The zero-order chi connectivity index (χ0) is 11.5. The molecule has 1 amide bonds. The Labute approximate surface area is 97.7 Å². The number of amides is 1. The summed E-state index contributed by atoms with van der Waals surface area (Å²) in [6, 6.07) is 3.90. The third-order valence-electron chi connectivity index (χ3n) is 2.40. The average molecular weight is 244 g/mol. The molecule has 0 unspecified atom stereocenters. The minimum absolute atomic E-state index is 0.0529. The van der Waals surface area contributed by atoms with Crippen LogP contribution in [0, 0.1) is 5.82 Å². The molecule has 0 radical (unpaired) electrons. The van der Waals surface area contributed by atoms with E-state index in [-0.39, 0.29) is 10.9 Å². The second kappa shape index (κ2) is 4.80. The first-order valence-corrected chi connectivity index (χ1v) is 5.46. The molecular formula is C11H11ClFNO2. The van der Waals surface area contributed by atoms with Crippen molar-refractivity contribution in [1.29, 1.82) is 0 Å². The van der Waals surface area contributed by atoms with Gasteiger partial charge < -0.3 is 0 Å². The number of hydrogen-bond acceptors (Lipinski definition) is 2. The fourth-order valence-corrected chi connectivity index (χ4v) is 1.71. The first kappa shape index (κ1) is 11.4. The third kappa shape index (κ3) is 2.33. The minimum Gasteiger partial charge on any atom is -0.271 e. The van der Waals surface area contributed by atoms with Gasteiger partial charge in [0, 0.05) is 12.1 Å². The lowest BCUT2D eigenvalue weighted by molar-refractivity contribution is -0.144. The Morgan fingerprint density at radius 1 is 1.44 bits per heavy atom. The Morgan fingerprint density at radius 3 is 2.88 bits per heavy atom. The normalized spacial score (nSPS) is 16.2. The molecule has 0 aromatic heterocycles. The maximum Gasteiger partial charge on any atom is 0.277 e. The molecule has 1 heterocycles.